The van der Waals surface area contributed by atoms with E-state index in [-0.39, 0.29) is 11.1 Å². The lowest BCUT2D eigenvalue weighted by molar-refractivity contribution is -0.184. The number of aliphatic carboxylic acids is 3. The molecule has 0 saturated heterocycles. The second kappa shape index (κ2) is 14.7. The van der Waals surface area contributed by atoms with Crippen molar-refractivity contribution in [1.82, 2.24) is 0 Å². The van der Waals surface area contributed by atoms with Gasteiger partial charge in [0.05, 0.1) is 12.2 Å². The summed E-state index contributed by atoms with van der Waals surface area (Å²) in [6.45, 7) is 10.2. The van der Waals surface area contributed by atoms with Gasteiger partial charge < -0.3 is 24.8 Å². The molecule has 2 unspecified atom stereocenters. The number of carbonyl (C=O) groups is 5. The highest BCUT2D eigenvalue weighted by molar-refractivity contribution is 6.26. The van der Waals surface area contributed by atoms with Crippen LogP contribution in [-0.2, 0) is 23.9 Å². The van der Waals surface area contributed by atoms with Crippen LogP contribution in [0, 0.1) is 19.8 Å². The number of aryl methyl sites for hydroxylation is 2. The summed E-state index contributed by atoms with van der Waals surface area (Å²) in [4.78, 5) is 58.0. The number of carbonyl (C=O) groups excluding carboxylic acids is 2. The molecule has 206 valence electrons. The number of ketones is 2. The Morgan fingerprint density at radius 1 is 0.553 bits per heavy atom. The first kappa shape index (κ1) is 32.1. The molecule has 3 N–H and O–H groups in total. The van der Waals surface area contributed by atoms with Gasteiger partial charge in [-0.25, -0.2) is 9.59 Å². The Balaban J connectivity index is 0.000000403. The topological polar surface area (TPSA) is 164 Å². The Kier molecular flexibility index (Phi) is 12.5. The molecule has 0 aliphatic heterocycles. The van der Waals surface area contributed by atoms with Gasteiger partial charge in [0.2, 0.25) is 0 Å². The number of rotatable bonds is 12. The molecule has 0 radical (unpaired) electrons. The molecule has 0 heterocycles. The monoisotopic (exact) mass is 530 g/mol. The van der Waals surface area contributed by atoms with Crippen LogP contribution in [0.4, 0.5) is 0 Å². The molecule has 0 amide bonds. The van der Waals surface area contributed by atoms with Crippen molar-refractivity contribution in [3.8, 4) is 0 Å². The van der Waals surface area contributed by atoms with Gasteiger partial charge in [0.1, 0.15) is 0 Å². The van der Waals surface area contributed by atoms with Gasteiger partial charge in [-0.3, -0.25) is 14.4 Å². The molecule has 0 saturated carbocycles. The minimum Gasteiger partial charge on any atom is -0.480 e. The van der Waals surface area contributed by atoms with Crippen molar-refractivity contribution >= 4 is 29.5 Å². The Morgan fingerprint density at radius 2 is 0.842 bits per heavy atom. The Bertz CT molecular complexity index is 1030. The van der Waals surface area contributed by atoms with Crippen molar-refractivity contribution in [2.45, 2.75) is 66.0 Å². The van der Waals surface area contributed by atoms with E-state index in [9.17, 15) is 29.1 Å². The van der Waals surface area contributed by atoms with Crippen molar-refractivity contribution < 1.29 is 48.8 Å². The average molecular weight is 531 g/mol. The molecule has 0 spiro atoms. The van der Waals surface area contributed by atoms with Crippen LogP contribution in [0.25, 0.3) is 0 Å². The van der Waals surface area contributed by atoms with Crippen LogP contribution in [0.3, 0.4) is 0 Å². The number of carboxylic acids is 3. The van der Waals surface area contributed by atoms with E-state index in [4.69, 9.17) is 19.7 Å². The van der Waals surface area contributed by atoms with Crippen LogP contribution in [0.15, 0.2) is 48.5 Å². The molecule has 0 aliphatic carbocycles. The maximum Gasteiger partial charge on any atom is 0.336 e. The molecule has 0 fully saturated rings. The highest BCUT2D eigenvalue weighted by atomic mass is 16.6. The van der Waals surface area contributed by atoms with E-state index in [2.05, 4.69) is 0 Å². The molecule has 2 atom stereocenters. The highest BCUT2D eigenvalue weighted by Gasteiger charge is 2.37. The Morgan fingerprint density at radius 3 is 1.05 bits per heavy atom. The average Bonchev–Trinajstić information content (AvgIpc) is 2.81. The molecule has 38 heavy (non-hydrogen) atoms. The quantitative estimate of drug-likeness (QED) is 0.271. The molecule has 2 aromatic rings. The van der Waals surface area contributed by atoms with Crippen LogP contribution in [0.1, 0.15) is 59.5 Å². The normalized spacial score (nSPS) is 12.4. The van der Waals surface area contributed by atoms with E-state index in [1.807, 2.05) is 13.8 Å². The predicted molar refractivity (Wildman–Crippen MR) is 137 cm³/mol. The SMILES string of the molecule is CC(C)OC(C(=O)O)C(OC(C)C)C(=O)O.Cc1ccc(C(=O)C(C(=O)O)C(=O)c2ccc(C)cc2)cc1. The Labute approximate surface area is 221 Å². The van der Waals surface area contributed by atoms with Gasteiger partial charge in [-0.1, -0.05) is 59.7 Å². The number of benzene rings is 2. The number of hydrogen-bond acceptors (Lipinski definition) is 7. The third-order valence-electron chi connectivity index (χ3n) is 5.04. The van der Waals surface area contributed by atoms with Crippen molar-refractivity contribution in [2.75, 3.05) is 0 Å². The lowest BCUT2D eigenvalue weighted by Crippen LogP contribution is -2.45. The molecule has 2 aromatic carbocycles. The van der Waals surface area contributed by atoms with Crippen LogP contribution in [0.5, 0.6) is 0 Å². The number of hydrogen-bond donors (Lipinski definition) is 3. The minimum atomic E-state index is -1.72. The van der Waals surface area contributed by atoms with Crippen LogP contribution >= 0.6 is 0 Å². The molecule has 10 nitrogen and oxygen atoms in total. The third-order valence-corrected chi connectivity index (χ3v) is 5.04. The fourth-order valence-corrected chi connectivity index (χ4v) is 3.22. The van der Waals surface area contributed by atoms with E-state index in [0.717, 1.165) is 11.1 Å². The lowest BCUT2D eigenvalue weighted by Gasteiger charge is -2.24. The van der Waals surface area contributed by atoms with E-state index in [1.165, 1.54) is 24.3 Å². The molecular formula is C28H34O10. The lowest BCUT2D eigenvalue weighted by atomic mass is 9.89. The maximum absolute atomic E-state index is 12.4. The van der Waals surface area contributed by atoms with Gasteiger partial charge in [0.25, 0.3) is 0 Å². The summed E-state index contributed by atoms with van der Waals surface area (Å²) >= 11 is 0. The third kappa shape index (κ3) is 9.87. The maximum atomic E-state index is 12.4. The van der Waals surface area contributed by atoms with Gasteiger partial charge >= 0.3 is 17.9 Å². The van der Waals surface area contributed by atoms with E-state index in [1.54, 1.807) is 52.0 Å². The van der Waals surface area contributed by atoms with E-state index < -0.39 is 59.8 Å². The first-order chi connectivity index (χ1) is 17.6. The Hall–Kier alpha value is -3.89. The standard InChI is InChI=1S/C18H16O4.C10H18O6/c1-11-3-7-13(8-4-11)16(19)15(18(21)22)17(20)14-9-5-12(2)6-10-14;1-5(2)15-7(9(11)12)8(10(13)14)16-6(3)4/h3-10,15H,1-2H3,(H,21,22);5-8H,1-4H3,(H,11,12)(H,13,14). The molecular weight excluding hydrogens is 496 g/mol. The zero-order valence-corrected chi connectivity index (χ0v) is 22.2. The molecule has 2 rings (SSSR count). The summed E-state index contributed by atoms with van der Waals surface area (Å²) in [5.74, 6) is -7.23. The first-order valence-corrected chi connectivity index (χ1v) is 11.9. The summed E-state index contributed by atoms with van der Waals surface area (Å²) in [6, 6.07) is 13.0. The van der Waals surface area contributed by atoms with Gasteiger partial charge in [-0.2, -0.15) is 0 Å². The zero-order valence-electron chi connectivity index (χ0n) is 22.2. The second-order valence-electron chi connectivity index (χ2n) is 9.12. The van der Waals surface area contributed by atoms with Gasteiger partial charge in [-0.15, -0.1) is 0 Å². The summed E-state index contributed by atoms with van der Waals surface area (Å²) in [5.41, 5.74) is 2.35. The number of carboxylic acid groups (broad SMARTS) is 3. The van der Waals surface area contributed by atoms with Crippen molar-refractivity contribution in [3.05, 3.63) is 70.8 Å². The largest absolute Gasteiger partial charge is 0.480 e. The second-order valence-corrected chi connectivity index (χ2v) is 9.12. The van der Waals surface area contributed by atoms with Crippen LogP contribution < -0.4 is 0 Å². The van der Waals surface area contributed by atoms with Crippen molar-refractivity contribution in [3.63, 3.8) is 0 Å². The van der Waals surface area contributed by atoms with Gasteiger partial charge in [0.15, 0.2) is 29.7 Å². The minimum absolute atomic E-state index is 0.221. The van der Waals surface area contributed by atoms with Gasteiger partial charge in [-0.05, 0) is 41.5 Å². The smallest absolute Gasteiger partial charge is 0.336 e. The first-order valence-electron chi connectivity index (χ1n) is 11.9. The summed E-state index contributed by atoms with van der Waals surface area (Å²) < 4.78 is 10.1. The van der Waals surface area contributed by atoms with Crippen LogP contribution in [0.2, 0.25) is 0 Å². The van der Waals surface area contributed by atoms with E-state index >= 15 is 0 Å². The molecule has 0 bridgehead atoms. The highest BCUT2D eigenvalue weighted by Crippen LogP contribution is 2.17. The van der Waals surface area contributed by atoms with Crippen LogP contribution in [-0.4, -0.2) is 69.2 Å². The zero-order chi connectivity index (χ0) is 29.2. The fourth-order valence-electron chi connectivity index (χ4n) is 3.22. The fraction of sp³-hybridized carbons (Fsp3) is 0.393. The van der Waals surface area contributed by atoms with Crippen molar-refractivity contribution in [2.24, 2.45) is 5.92 Å². The predicted octanol–water partition coefficient (Wildman–Crippen LogP) is 3.81. The summed E-state index contributed by atoms with van der Waals surface area (Å²) in [6.07, 6.45) is -3.78. The molecule has 10 heteroatoms. The summed E-state index contributed by atoms with van der Waals surface area (Å²) in [5, 5.41) is 27.1. The number of Topliss-reactive ketones (excluding diaryl/α,β-unsaturated/α-hetero) is 2. The molecule has 0 aliphatic rings. The summed E-state index contributed by atoms with van der Waals surface area (Å²) in [7, 11) is 0. The molecule has 0 aromatic heterocycles. The number of ether oxygens (including phenoxy) is 2. The van der Waals surface area contributed by atoms with E-state index in [0.29, 0.717) is 0 Å². The van der Waals surface area contributed by atoms with Gasteiger partial charge in [0, 0.05) is 11.1 Å². The van der Waals surface area contributed by atoms with Crippen molar-refractivity contribution in [1.29, 1.82) is 0 Å².